The van der Waals surface area contributed by atoms with Crippen molar-refractivity contribution in [2.24, 2.45) is 0 Å². The summed E-state index contributed by atoms with van der Waals surface area (Å²) in [6.45, 7) is 3.45. The van der Waals surface area contributed by atoms with Gasteiger partial charge in [-0.05, 0) is 49.3 Å². The van der Waals surface area contributed by atoms with Crippen LogP contribution in [0.15, 0.2) is 54.6 Å². The lowest BCUT2D eigenvalue weighted by molar-refractivity contribution is -0.138. The van der Waals surface area contributed by atoms with Gasteiger partial charge in [-0.1, -0.05) is 54.6 Å². The van der Waals surface area contributed by atoms with Crippen molar-refractivity contribution in [2.45, 2.75) is 55.9 Å². The van der Waals surface area contributed by atoms with Gasteiger partial charge in [-0.25, -0.2) is 8.42 Å². The van der Waals surface area contributed by atoms with E-state index in [1.807, 2.05) is 61.5 Å². The van der Waals surface area contributed by atoms with Crippen LogP contribution in [0, 0.1) is 0 Å². The number of ether oxygens (including phenoxy) is 1. The van der Waals surface area contributed by atoms with Crippen LogP contribution in [-0.4, -0.2) is 56.9 Å². The minimum atomic E-state index is -3.48. The minimum absolute atomic E-state index is 0.0493. The molecule has 2 heterocycles. The molecular formula is C26H34N2O4S. The van der Waals surface area contributed by atoms with Crippen LogP contribution in [0.3, 0.4) is 0 Å². The highest BCUT2D eigenvalue weighted by atomic mass is 32.2. The van der Waals surface area contributed by atoms with Crippen LogP contribution in [0.25, 0.3) is 0 Å². The highest BCUT2D eigenvalue weighted by Crippen LogP contribution is 2.39. The van der Waals surface area contributed by atoms with E-state index in [-0.39, 0.29) is 11.9 Å². The summed E-state index contributed by atoms with van der Waals surface area (Å²) in [5.41, 5.74) is 2.18. The Hall–Kier alpha value is -2.22. The van der Waals surface area contributed by atoms with Crippen molar-refractivity contribution in [1.29, 1.82) is 0 Å². The molecule has 2 aliphatic rings. The first-order valence-corrected chi connectivity index (χ1v) is 13.2. The van der Waals surface area contributed by atoms with Crippen molar-refractivity contribution in [1.82, 2.24) is 9.21 Å². The molecule has 7 heteroatoms. The Balaban J connectivity index is 1.58. The molecule has 0 aromatic heterocycles. The lowest BCUT2D eigenvalue weighted by Gasteiger charge is -2.39. The molecule has 6 nitrogen and oxygen atoms in total. The molecule has 2 fully saturated rings. The molecule has 2 aromatic rings. The Morgan fingerprint density at radius 1 is 1.03 bits per heavy atom. The summed E-state index contributed by atoms with van der Waals surface area (Å²) in [5, 5.41) is -0.502. The summed E-state index contributed by atoms with van der Waals surface area (Å²) < 4.78 is 34.2. The van der Waals surface area contributed by atoms with Gasteiger partial charge in [0, 0.05) is 39.9 Å². The zero-order chi connectivity index (χ0) is 23.6. The standard InChI is InChI=1S/C26H34N2O4S/c1-20-9-14-24(22-7-5-4-6-8-22)33(30,31)28(20)19-21-10-12-23(13-11-21)26(25(29)27(2)3)15-17-32-18-16-26/h4-8,10-13,20,24H,9,14-19H2,1-3H3. The first kappa shape index (κ1) is 23.9. The number of amides is 1. The van der Waals surface area contributed by atoms with E-state index in [0.717, 1.165) is 23.1 Å². The SMILES string of the molecule is CC1CCC(c2ccccc2)S(=O)(=O)N1Cc1ccc(C2(C(=O)N(C)C)CCOCC2)cc1. The fourth-order valence-electron chi connectivity index (χ4n) is 5.23. The maximum Gasteiger partial charge on any atom is 0.232 e. The first-order chi connectivity index (χ1) is 15.8. The van der Waals surface area contributed by atoms with Gasteiger partial charge < -0.3 is 9.64 Å². The molecule has 2 unspecified atom stereocenters. The van der Waals surface area contributed by atoms with E-state index in [9.17, 15) is 13.2 Å². The van der Waals surface area contributed by atoms with Gasteiger partial charge in [0.05, 0.1) is 5.41 Å². The Bertz CT molecular complexity index is 1060. The number of sulfonamides is 1. The maximum atomic E-state index is 13.5. The molecule has 0 aliphatic carbocycles. The third-order valence-corrected chi connectivity index (χ3v) is 9.57. The Kier molecular flexibility index (Phi) is 6.93. The van der Waals surface area contributed by atoms with E-state index in [1.165, 1.54) is 0 Å². The number of rotatable bonds is 5. The third-order valence-electron chi connectivity index (χ3n) is 7.20. The van der Waals surface area contributed by atoms with Gasteiger partial charge in [0.1, 0.15) is 5.25 Å². The number of hydrogen-bond acceptors (Lipinski definition) is 4. The predicted molar refractivity (Wildman–Crippen MR) is 129 cm³/mol. The number of carbonyl (C=O) groups is 1. The van der Waals surface area contributed by atoms with Crippen molar-refractivity contribution in [3.8, 4) is 0 Å². The topological polar surface area (TPSA) is 66.9 Å². The van der Waals surface area contributed by atoms with E-state index in [4.69, 9.17) is 4.74 Å². The average molecular weight is 471 g/mol. The van der Waals surface area contributed by atoms with Crippen LogP contribution in [0.4, 0.5) is 0 Å². The number of hydrogen-bond donors (Lipinski definition) is 0. The van der Waals surface area contributed by atoms with Crippen LogP contribution in [0.5, 0.6) is 0 Å². The second kappa shape index (κ2) is 9.57. The Morgan fingerprint density at radius 2 is 1.67 bits per heavy atom. The van der Waals surface area contributed by atoms with Crippen LogP contribution >= 0.6 is 0 Å². The quantitative estimate of drug-likeness (QED) is 0.665. The fraction of sp³-hybridized carbons (Fsp3) is 0.500. The summed E-state index contributed by atoms with van der Waals surface area (Å²) in [6.07, 6.45) is 2.77. The highest BCUT2D eigenvalue weighted by Gasteiger charge is 2.43. The van der Waals surface area contributed by atoms with Crippen molar-refractivity contribution < 1.29 is 17.9 Å². The molecule has 2 saturated heterocycles. The number of carbonyl (C=O) groups excluding carboxylic acids is 1. The number of benzene rings is 2. The van der Waals surface area contributed by atoms with Gasteiger partial charge in [0.2, 0.25) is 15.9 Å². The molecular weight excluding hydrogens is 436 g/mol. The Morgan fingerprint density at radius 3 is 2.27 bits per heavy atom. The second-order valence-corrected chi connectivity index (χ2v) is 11.6. The van der Waals surface area contributed by atoms with E-state index < -0.39 is 20.7 Å². The molecule has 1 amide bonds. The maximum absolute atomic E-state index is 13.5. The van der Waals surface area contributed by atoms with Crippen molar-refractivity contribution in [2.75, 3.05) is 27.3 Å². The van der Waals surface area contributed by atoms with Gasteiger partial charge in [-0.3, -0.25) is 4.79 Å². The lowest BCUT2D eigenvalue weighted by atomic mass is 9.73. The number of nitrogens with zero attached hydrogens (tertiary/aromatic N) is 2. The van der Waals surface area contributed by atoms with Crippen LogP contribution < -0.4 is 0 Å². The van der Waals surface area contributed by atoms with Crippen LogP contribution in [-0.2, 0) is 31.5 Å². The van der Waals surface area contributed by atoms with E-state index in [1.54, 1.807) is 23.3 Å². The summed E-state index contributed by atoms with van der Waals surface area (Å²) in [4.78, 5) is 14.8. The second-order valence-electron chi connectivity index (χ2n) is 9.51. The summed E-state index contributed by atoms with van der Waals surface area (Å²) in [7, 11) is 0.107. The molecule has 2 atom stereocenters. The highest BCUT2D eigenvalue weighted by molar-refractivity contribution is 7.89. The van der Waals surface area contributed by atoms with Crippen LogP contribution in [0.1, 0.15) is 54.5 Å². The van der Waals surface area contributed by atoms with Gasteiger partial charge in [0.25, 0.3) is 0 Å². The zero-order valence-corrected chi connectivity index (χ0v) is 20.6. The monoisotopic (exact) mass is 470 g/mol. The summed E-state index contributed by atoms with van der Waals surface area (Å²) in [5.74, 6) is 0.0940. The van der Waals surface area contributed by atoms with E-state index in [2.05, 4.69) is 0 Å². The smallest absolute Gasteiger partial charge is 0.232 e. The minimum Gasteiger partial charge on any atom is -0.381 e. The summed E-state index contributed by atoms with van der Waals surface area (Å²) in [6, 6.07) is 17.4. The zero-order valence-electron chi connectivity index (χ0n) is 19.7. The predicted octanol–water partition coefficient (Wildman–Crippen LogP) is 3.88. The lowest BCUT2D eigenvalue weighted by Crippen LogP contribution is -2.47. The average Bonchev–Trinajstić information content (AvgIpc) is 2.82. The number of likely N-dealkylation sites (N-methyl/N-ethyl adjacent to an activating group) is 1. The van der Waals surface area contributed by atoms with Crippen molar-refractivity contribution in [3.05, 3.63) is 71.3 Å². The molecule has 2 aliphatic heterocycles. The van der Waals surface area contributed by atoms with Gasteiger partial charge >= 0.3 is 0 Å². The normalized spacial score (nSPS) is 24.8. The van der Waals surface area contributed by atoms with E-state index in [0.29, 0.717) is 39.0 Å². The van der Waals surface area contributed by atoms with Gasteiger partial charge in [-0.15, -0.1) is 0 Å². The van der Waals surface area contributed by atoms with Gasteiger partial charge in [0.15, 0.2) is 0 Å². The van der Waals surface area contributed by atoms with Crippen LogP contribution in [0.2, 0.25) is 0 Å². The molecule has 0 saturated carbocycles. The molecule has 4 rings (SSSR count). The fourth-order valence-corrected chi connectivity index (χ4v) is 7.43. The van der Waals surface area contributed by atoms with Crippen molar-refractivity contribution >= 4 is 15.9 Å². The molecule has 178 valence electrons. The van der Waals surface area contributed by atoms with E-state index >= 15 is 0 Å². The Labute approximate surface area is 197 Å². The molecule has 0 bridgehead atoms. The molecule has 0 N–H and O–H groups in total. The molecule has 2 aromatic carbocycles. The van der Waals surface area contributed by atoms with Crippen molar-refractivity contribution in [3.63, 3.8) is 0 Å². The van der Waals surface area contributed by atoms with Gasteiger partial charge in [-0.2, -0.15) is 4.31 Å². The molecule has 0 spiro atoms. The molecule has 0 radical (unpaired) electrons. The summed E-state index contributed by atoms with van der Waals surface area (Å²) >= 11 is 0. The first-order valence-electron chi connectivity index (χ1n) is 11.7. The largest absolute Gasteiger partial charge is 0.381 e. The third kappa shape index (κ3) is 4.59. The molecule has 33 heavy (non-hydrogen) atoms.